The van der Waals surface area contributed by atoms with E-state index in [1.165, 1.54) is 56.3 Å². The normalized spacial score (nSPS) is 14.6. The first-order valence-corrected chi connectivity index (χ1v) is 15.4. The molecule has 2 aliphatic rings. The number of benzene rings is 4. The van der Waals surface area contributed by atoms with Crippen molar-refractivity contribution in [2.24, 2.45) is 0 Å². The lowest BCUT2D eigenvalue weighted by Gasteiger charge is -2.26. The van der Waals surface area contributed by atoms with Gasteiger partial charge in [0.15, 0.2) is 0 Å². The minimum Gasteiger partial charge on any atom is -0.281 e. The van der Waals surface area contributed by atoms with Crippen molar-refractivity contribution in [1.29, 1.82) is 0 Å². The van der Waals surface area contributed by atoms with E-state index >= 15 is 0 Å². The fraction of sp³-hybridized carbons (Fsp3) is 0.200. The minimum atomic E-state index is -0.678. The molecule has 0 bridgehead atoms. The molecule has 35 heavy (non-hydrogen) atoms. The molecule has 4 aromatic rings. The molecule has 0 amide bonds. The van der Waals surface area contributed by atoms with Gasteiger partial charge in [0.1, 0.15) is 0 Å². The molecule has 0 spiro atoms. The van der Waals surface area contributed by atoms with Crippen LogP contribution in [-0.2, 0) is 25.7 Å². The molecule has 2 heterocycles. The second-order valence-corrected chi connectivity index (χ2v) is 13.9. The summed E-state index contributed by atoms with van der Waals surface area (Å²) in [5.41, 5.74) is 5.88. The van der Waals surface area contributed by atoms with Gasteiger partial charge in [0.2, 0.25) is 0 Å². The fourth-order valence-electron chi connectivity index (χ4n) is 4.91. The van der Waals surface area contributed by atoms with Crippen molar-refractivity contribution in [1.82, 2.24) is 4.67 Å². The summed E-state index contributed by atoms with van der Waals surface area (Å²) in [7, 11) is 3.36. The van der Waals surface area contributed by atoms with Gasteiger partial charge in [0.25, 0.3) is 0 Å². The van der Waals surface area contributed by atoms with Crippen molar-refractivity contribution in [3.05, 3.63) is 119 Å². The molecule has 6 rings (SSSR count). The first kappa shape index (κ1) is 26.3. The Balaban J connectivity index is 0.000000161. The quantitative estimate of drug-likeness (QED) is 0.251. The molecule has 0 saturated carbocycles. The lowest BCUT2D eigenvalue weighted by Crippen LogP contribution is -2.24. The summed E-state index contributed by atoms with van der Waals surface area (Å²) in [5.74, 6) is 0. The molecule has 0 radical (unpaired) electrons. The summed E-state index contributed by atoms with van der Waals surface area (Å²) in [5, 5.41) is 5.73. The van der Waals surface area contributed by atoms with Gasteiger partial charge in [-0.15, -0.1) is 12.4 Å². The molecule has 4 aromatic carbocycles. The number of rotatable bonds is 1. The maximum Gasteiger partial charge on any atom is 0.0529 e. The Bertz CT molecular complexity index is 1200. The summed E-state index contributed by atoms with van der Waals surface area (Å²) in [6.07, 6.45) is 4.55. The minimum absolute atomic E-state index is 0. The molecule has 0 aliphatic carbocycles. The van der Waals surface area contributed by atoms with Crippen LogP contribution in [0.5, 0.6) is 0 Å². The fourth-order valence-corrected chi connectivity index (χ4v) is 9.97. The molecule has 0 saturated heterocycles. The molecular weight excluding hydrogens is 507 g/mol. The van der Waals surface area contributed by atoms with E-state index in [2.05, 4.69) is 116 Å². The Labute approximate surface area is 223 Å². The van der Waals surface area contributed by atoms with Crippen molar-refractivity contribution in [2.75, 3.05) is 14.1 Å². The van der Waals surface area contributed by atoms with Gasteiger partial charge in [0, 0.05) is 8.07 Å². The first-order chi connectivity index (χ1) is 16.6. The summed E-state index contributed by atoms with van der Waals surface area (Å²) in [4.78, 5) is 0. The number of nitrogens with zero attached hydrogens (tertiary/aromatic N) is 1. The Hall–Kier alpha value is -1.72. The van der Waals surface area contributed by atoms with Crippen LogP contribution < -0.4 is 21.2 Å². The molecule has 0 atom stereocenters. The summed E-state index contributed by atoms with van der Waals surface area (Å²) < 4.78 is 2.39. The highest BCUT2D eigenvalue weighted by Crippen LogP contribution is 2.43. The maximum absolute atomic E-state index is 6.65. The molecule has 2 aliphatic heterocycles. The van der Waals surface area contributed by atoms with E-state index in [9.17, 15) is 0 Å². The first-order valence-electron chi connectivity index (χ1n) is 11.9. The molecule has 0 N–H and O–H groups in total. The van der Waals surface area contributed by atoms with Crippen LogP contribution in [-0.4, -0.2) is 18.8 Å². The molecule has 180 valence electrons. The van der Waals surface area contributed by atoms with Crippen molar-refractivity contribution < 1.29 is 0 Å². The van der Waals surface area contributed by atoms with E-state index in [1.54, 1.807) is 0 Å². The Morgan fingerprint density at radius 1 is 0.514 bits per heavy atom. The highest BCUT2D eigenvalue weighted by Gasteiger charge is 2.24. The zero-order valence-electron chi connectivity index (χ0n) is 20.2. The van der Waals surface area contributed by atoms with E-state index in [-0.39, 0.29) is 20.5 Å². The predicted octanol–water partition coefficient (Wildman–Crippen LogP) is 6.49. The van der Waals surface area contributed by atoms with Gasteiger partial charge in [-0.25, -0.2) is 0 Å². The number of halogens is 2. The molecule has 0 aromatic heterocycles. The largest absolute Gasteiger partial charge is 0.281 e. The lowest BCUT2D eigenvalue weighted by molar-refractivity contribution is 0.689. The smallest absolute Gasteiger partial charge is 0.0529 e. The lowest BCUT2D eigenvalue weighted by atomic mass is 10.0. The van der Waals surface area contributed by atoms with Gasteiger partial charge in [0.05, 0.1) is 7.27 Å². The summed E-state index contributed by atoms with van der Waals surface area (Å²) in [6, 6.07) is 35.0. The Morgan fingerprint density at radius 2 is 0.800 bits per heavy atom. The summed E-state index contributed by atoms with van der Waals surface area (Å²) in [6.45, 7) is 0. The monoisotopic (exact) mass is 537 g/mol. The van der Waals surface area contributed by atoms with Gasteiger partial charge in [-0.05, 0) is 83.3 Å². The van der Waals surface area contributed by atoms with Crippen molar-refractivity contribution >= 4 is 60.2 Å². The third-order valence-corrected chi connectivity index (χ3v) is 12.0. The second-order valence-electron chi connectivity index (χ2n) is 8.95. The van der Waals surface area contributed by atoms with Gasteiger partial charge < -0.3 is 0 Å². The Morgan fingerprint density at radius 3 is 1.14 bits per heavy atom. The number of aryl methyl sites for hydroxylation is 4. The average molecular weight is 538 g/mol. The van der Waals surface area contributed by atoms with E-state index in [0.29, 0.717) is 0 Å². The van der Waals surface area contributed by atoms with Crippen LogP contribution >= 0.6 is 39.0 Å². The zero-order valence-corrected chi connectivity index (χ0v) is 23.6. The van der Waals surface area contributed by atoms with Crippen LogP contribution in [0.1, 0.15) is 22.3 Å². The maximum atomic E-state index is 6.65. The van der Waals surface area contributed by atoms with E-state index < -0.39 is 7.27 Å². The van der Waals surface area contributed by atoms with E-state index in [4.69, 9.17) is 11.2 Å². The molecule has 1 nitrogen and oxygen atoms in total. The second kappa shape index (κ2) is 12.0. The zero-order chi connectivity index (χ0) is 23.5. The predicted molar refractivity (Wildman–Crippen MR) is 160 cm³/mol. The van der Waals surface area contributed by atoms with Crippen LogP contribution in [0.3, 0.4) is 0 Å². The van der Waals surface area contributed by atoms with Crippen LogP contribution in [0.25, 0.3) is 0 Å². The third kappa shape index (κ3) is 5.67. The highest BCUT2D eigenvalue weighted by molar-refractivity contribution is 7.95. The number of hydrogen-bond donors (Lipinski definition) is 0. The van der Waals surface area contributed by atoms with Crippen LogP contribution in [0.15, 0.2) is 97.1 Å². The van der Waals surface area contributed by atoms with Gasteiger partial charge in [-0.1, -0.05) is 108 Å². The van der Waals surface area contributed by atoms with Gasteiger partial charge in [-0.3, -0.25) is 4.67 Å². The highest BCUT2D eigenvalue weighted by atomic mass is 35.7. The topological polar surface area (TPSA) is 3.24 Å². The van der Waals surface area contributed by atoms with Crippen molar-refractivity contribution in [3.8, 4) is 0 Å². The SMILES string of the molecule is CN(C)P1c2ccccc2CCc2ccccc21.Cl.ClP1c2ccccc2CCc2ccccc21. The number of fused-ring (bicyclic) bond motifs is 4. The van der Waals surface area contributed by atoms with Gasteiger partial charge >= 0.3 is 0 Å². The van der Waals surface area contributed by atoms with E-state index in [0.717, 1.165) is 12.8 Å². The molecule has 0 unspecified atom stereocenters. The van der Waals surface area contributed by atoms with Gasteiger partial charge in [-0.2, -0.15) is 0 Å². The average Bonchev–Trinajstić information content (AvgIpc) is 3.13. The number of hydrogen-bond acceptors (Lipinski definition) is 1. The summed E-state index contributed by atoms with van der Waals surface area (Å²) >= 11 is 6.65. The van der Waals surface area contributed by atoms with E-state index in [1.807, 2.05) is 0 Å². The molecule has 0 fully saturated rings. The van der Waals surface area contributed by atoms with Crippen molar-refractivity contribution in [2.45, 2.75) is 25.7 Å². The Kier molecular flexibility index (Phi) is 9.04. The standard InChI is InChI=1S/C16H18NP.C14H12ClP.ClH/c1-17(2)18-15-9-5-3-7-13(15)11-12-14-8-4-6-10-16(14)18;15-16-13-7-3-1-5-11(13)9-10-12-6-2-4-8-14(12)16;/h3-10H,11-12H2,1-2H3;1-8H,9-10H2;1H. The third-order valence-electron chi connectivity index (χ3n) is 6.57. The molecular formula is C30H31Cl2NP2. The van der Waals surface area contributed by atoms with Crippen LogP contribution in [0, 0.1) is 0 Å². The molecule has 5 heteroatoms. The van der Waals surface area contributed by atoms with Crippen LogP contribution in [0.2, 0.25) is 0 Å². The van der Waals surface area contributed by atoms with Crippen molar-refractivity contribution in [3.63, 3.8) is 0 Å². The van der Waals surface area contributed by atoms with Crippen LogP contribution in [0.4, 0.5) is 0 Å².